The summed E-state index contributed by atoms with van der Waals surface area (Å²) in [4.78, 5) is 24.2. The van der Waals surface area contributed by atoms with Crippen LogP contribution in [0.15, 0.2) is 40.9 Å². The first-order valence-electron chi connectivity index (χ1n) is 8.48. The average Bonchev–Trinajstić information content (AvgIpc) is 2.62. The summed E-state index contributed by atoms with van der Waals surface area (Å²) in [6.45, 7) is 5.59. The van der Waals surface area contributed by atoms with Crippen molar-refractivity contribution in [1.82, 2.24) is 5.32 Å². The van der Waals surface area contributed by atoms with Gasteiger partial charge in [0.05, 0.1) is 7.11 Å². The molecule has 0 bridgehead atoms. The zero-order chi connectivity index (χ0) is 20.0. The van der Waals surface area contributed by atoms with E-state index in [0.717, 1.165) is 10.0 Å². The van der Waals surface area contributed by atoms with Gasteiger partial charge in [-0.2, -0.15) is 0 Å². The minimum absolute atomic E-state index is 0.0379. The number of halogens is 1. The van der Waals surface area contributed by atoms with Gasteiger partial charge < -0.3 is 20.1 Å². The summed E-state index contributed by atoms with van der Waals surface area (Å²) in [6, 6.07) is 10.4. The van der Waals surface area contributed by atoms with Crippen LogP contribution < -0.4 is 20.1 Å². The van der Waals surface area contributed by atoms with Crippen molar-refractivity contribution >= 4 is 33.4 Å². The number of amides is 2. The van der Waals surface area contributed by atoms with Gasteiger partial charge in [0.25, 0.3) is 11.8 Å². The number of hydrogen-bond donors (Lipinski definition) is 2. The lowest BCUT2D eigenvalue weighted by atomic mass is 10.1. The van der Waals surface area contributed by atoms with Gasteiger partial charge in [0.15, 0.2) is 18.1 Å². The second kappa shape index (κ2) is 9.41. The summed E-state index contributed by atoms with van der Waals surface area (Å²) in [5.74, 6) is 0.281. The lowest BCUT2D eigenvalue weighted by Gasteiger charge is -2.13. The van der Waals surface area contributed by atoms with Gasteiger partial charge in [-0.1, -0.05) is 22.0 Å². The molecule has 0 radical (unpaired) electrons. The smallest absolute Gasteiger partial charge is 0.258 e. The number of carbonyl (C=O) groups excluding carboxylic acids is 2. The lowest BCUT2D eigenvalue weighted by Crippen LogP contribution is -2.34. The van der Waals surface area contributed by atoms with E-state index in [9.17, 15) is 9.59 Å². The molecule has 0 atom stereocenters. The highest BCUT2D eigenvalue weighted by molar-refractivity contribution is 9.10. The van der Waals surface area contributed by atoms with Crippen LogP contribution in [0.5, 0.6) is 11.5 Å². The number of benzene rings is 2. The molecule has 0 aliphatic rings. The number of nitrogens with one attached hydrogen (secondary N) is 2. The maximum atomic E-state index is 12.5. The molecule has 0 heterocycles. The number of rotatable bonds is 7. The molecule has 27 heavy (non-hydrogen) atoms. The van der Waals surface area contributed by atoms with Crippen LogP contribution in [-0.4, -0.2) is 31.6 Å². The molecule has 0 fully saturated rings. The van der Waals surface area contributed by atoms with Crippen LogP contribution in [0.3, 0.4) is 0 Å². The Bertz CT molecular complexity index is 837. The first-order valence-corrected chi connectivity index (χ1v) is 9.27. The van der Waals surface area contributed by atoms with Gasteiger partial charge in [-0.05, 0) is 56.7 Å². The summed E-state index contributed by atoms with van der Waals surface area (Å²) in [7, 11) is 1.48. The second-order valence-electron chi connectivity index (χ2n) is 6.29. The van der Waals surface area contributed by atoms with E-state index in [0.29, 0.717) is 22.7 Å². The standard InChI is InChI=1S/C20H23BrN2O4/c1-12(2)22-19(24)11-27-17-8-6-14(9-18(17)26-4)20(25)23-15-7-5-13(3)16(21)10-15/h5-10,12H,11H2,1-4H3,(H,22,24)(H,23,25). The average molecular weight is 435 g/mol. The Labute approximate surface area is 167 Å². The quantitative estimate of drug-likeness (QED) is 0.691. The Morgan fingerprint density at radius 3 is 2.48 bits per heavy atom. The minimum Gasteiger partial charge on any atom is -0.493 e. The summed E-state index contributed by atoms with van der Waals surface area (Å²) in [5.41, 5.74) is 2.18. The fraction of sp³-hybridized carbons (Fsp3) is 0.300. The van der Waals surface area contributed by atoms with Crippen molar-refractivity contribution in [2.75, 3.05) is 19.0 Å². The molecule has 0 aliphatic heterocycles. The molecule has 2 rings (SSSR count). The molecule has 0 aromatic heterocycles. The Morgan fingerprint density at radius 2 is 1.85 bits per heavy atom. The van der Waals surface area contributed by atoms with Crippen LogP contribution in [0.4, 0.5) is 5.69 Å². The molecule has 0 spiro atoms. The molecule has 0 unspecified atom stereocenters. The molecule has 2 amide bonds. The fourth-order valence-electron chi connectivity index (χ4n) is 2.31. The summed E-state index contributed by atoms with van der Waals surface area (Å²) < 4.78 is 11.7. The van der Waals surface area contributed by atoms with Crippen molar-refractivity contribution in [3.63, 3.8) is 0 Å². The van der Waals surface area contributed by atoms with E-state index in [1.165, 1.54) is 7.11 Å². The van der Waals surface area contributed by atoms with E-state index in [1.807, 2.05) is 39.0 Å². The Morgan fingerprint density at radius 1 is 1.11 bits per heavy atom. The van der Waals surface area contributed by atoms with Crippen LogP contribution in [0, 0.1) is 6.92 Å². The zero-order valence-electron chi connectivity index (χ0n) is 15.8. The first-order chi connectivity index (χ1) is 12.8. The van der Waals surface area contributed by atoms with Crippen LogP contribution in [-0.2, 0) is 4.79 Å². The number of hydrogen-bond acceptors (Lipinski definition) is 4. The molecule has 2 N–H and O–H groups in total. The molecular weight excluding hydrogens is 412 g/mol. The number of carbonyl (C=O) groups is 2. The first kappa shape index (κ1) is 20.8. The largest absolute Gasteiger partial charge is 0.493 e. The summed E-state index contributed by atoms with van der Waals surface area (Å²) in [5, 5.41) is 5.58. The highest BCUT2D eigenvalue weighted by Crippen LogP contribution is 2.28. The van der Waals surface area contributed by atoms with Gasteiger partial charge in [-0.15, -0.1) is 0 Å². The van der Waals surface area contributed by atoms with Crippen LogP contribution in [0.1, 0.15) is 29.8 Å². The molecular formula is C20H23BrN2O4. The van der Waals surface area contributed by atoms with Gasteiger partial charge in [-0.25, -0.2) is 0 Å². The molecule has 0 saturated carbocycles. The third-order valence-corrected chi connectivity index (χ3v) is 4.52. The molecule has 6 nitrogen and oxygen atoms in total. The molecule has 0 aliphatic carbocycles. The third-order valence-electron chi connectivity index (χ3n) is 3.66. The van der Waals surface area contributed by atoms with Crippen molar-refractivity contribution in [2.24, 2.45) is 0 Å². The third kappa shape index (κ3) is 5.99. The van der Waals surface area contributed by atoms with Crippen LogP contribution >= 0.6 is 15.9 Å². The normalized spacial score (nSPS) is 10.4. The van der Waals surface area contributed by atoms with Crippen LogP contribution in [0.25, 0.3) is 0 Å². The van der Waals surface area contributed by atoms with Gasteiger partial charge >= 0.3 is 0 Å². The highest BCUT2D eigenvalue weighted by atomic mass is 79.9. The summed E-state index contributed by atoms with van der Waals surface area (Å²) >= 11 is 3.45. The molecule has 0 saturated heterocycles. The Balaban J connectivity index is 2.08. The van der Waals surface area contributed by atoms with Crippen molar-refractivity contribution in [1.29, 1.82) is 0 Å². The van der Waals surface area contributed by atoms with Crippen molar-refractivity contribution in [3.8, 4) is 11.5 Å². The zero-order valence-corrected chi connectivity index (χ0v) is 17.3. The predicted molar refractivity (Wildman–Crippen MR) is 109 cm³/mol. The van der Waals surface area contributed by atoms with E-state index in [2.05, 4.69) is 26.6 Å². The highest BCUT2D eigenvalue weighted by Gasteiger charge is 2.13. The van der Waals surface area contributed by atoms with E-state index >= 15 is 0 Å². The monoisotopic (exact) mass is 434 g/mol. The maximum Gasteiger partial charge on any atom is 0.258 e. The van der Waals surface area contributed by atoms with E-state index in [4.69, 9.17) is 9.47 Å². The number of anilines is 1. The molecule has 2 aromatic rings. The van der Waals surface area contributed by atoms with E-state index in [-0.39, 0.29) is 24.5 Å². The number of aryl methyl sites for hydroxylation is 1. The lowest BCUT2D eigenvalue weighted by molar-refractivity contribution is -0.123. The molecule has 2 aromatic carbocycles. The SMILES string of the molecule is COc1cc(C(=O)Nc2ccc(C)c(Br)c2)ccc1OCC(=O)NC(C)C. The van der Waals surface area contributed by atoms with Crippen LogP contribution in [0.2, 0.25) is 0 Å². The minimum atomic E-state index is -0.270. The van der Waals surface area contributed by atoms with E-state index < -0.39 is 0 Å². The van der Waals surface area contributed by atoms with E-state index in [1.54, 1.807) is 18.2 Å². The number of ether oxygens (including phenoxy) is 2. The van der Waals surface area contributed by atoms with Crippen molar-refractivity contribution in [2.45, 2.75) is 26.8 Å². The van der Waals surface area contributed by atoms with Gasteiger partial charge in [-0.3, -0.25) is 9.59 Å². The van der Waals surface area contributed by atoms with Crippen molar-refractivity contribution in [3.05, 3.63) is 52.0 Å². The second-order valence-corrected chi connectivity index (χ2v) is 7.15. The summed E-state index contributed by atoms with van der Waals surface area (Å²) in [6.07, 6.45) is 0. The topological polar surface area (TPSA) is 76.7 Å². The molecule has 7 heteroatoms. The van der Waals surface area contributed by atoms with Gasteiger partial charge in [0, 0.05) is 21.8 Å². The van der Waals surface area contributed by atoms with Gasteiger partial charge in [0.1, 0.15) is 0 Å². The van der Waals surface area contributed by atoms with Gasteiger partial charge in [0.2, 0.25) is 0 Å². The molecule has 144 valence electrons. The fourth-order valence-corrected chi connectivity index (χ4v) is 2.69. The number of methoxy groups -OCH3 is 1. The maximum absolute atomic E-state index is 12.5. The predicted octanol–water partition coefficient (Wildman–Crippen LogP) is 3.92. The van der Waals surface area contributed by atoms with Crippen molar-refractivity contribution < 1.29 is 19.1 Å². The Kier molecular flexibility index (Phi) is 7.24. The Hall–Kier alpha value is -2.54.